The smallest absolute Gasteiger partial charge is 0.238 e. The van der Waals surface area contributed by atoms with Gasteiger partial charge in [0.05, 0.1) is 9.79 Å². The van der Waals surface area contributed by atoms with Crippen LogP contribution in [0.5, 0.6) is 0 Å². The van der Waals surface area contributed by atoms with Crippen LogP contribution in [0.15, 0.2) is 94.7 Å². The third-order valence-electron chi connectivity index (χ3n) is 8.49. The monoisotopic (exact) mass is 684 g/mol. The lowest BCUT2D eigenvalue weighted by atomic mass is 10.0. The van der Waals surface area contributed by atoms with Gasteiger partial charge in [-0.25, -0.2) is 17.2 Å². The summed E-state index contributed by atoms with van der Waals surface area (Å²) in [6.07, 6.45) is 0.628. The molecule has 0 aromatic heterocycles. The van der Waals surface area contributed by atoms with Gasteiger partial charge in [-0.05, 0) is 84.6 Å². The molecule has 10 nitrogen and oxygen atoms in total. The molecular formula is C36H26F2N2O8S. The number of fused-ring (bicyclic) bond motifs is 2. The van der Waals surface area contributed by atoms with Crippen LogP contribution in [0.2, 0.25) is 0 Å². The highest BCUT2D eigenvalue weighted by molar-refractivity contribution is 7.91. The summed E-state index contributed by atoms with van der Waals surface area (Å²) in [5.74, 6) is -9.27. The number of Topliss-reactive ketones (excluding diaryl/α,β-unsaturated/α-hetero) is 4. The van der Waals surface area contributed by atoms with Crippen molar-refractivity contribution in [3.8, 4) is 0 Å². The summed E-state index contributed by atoms with van der Waals surface area (Å²) in [5, 5.41) is 5.05. The normalized spacial score (nSPS) is 16.8. The highest BCUT2D eigenvalue weighted by Gasteiger charge is 2.45. The van der Waals surface area contributed by atoms with Gasteiger partial charge in [-0.3, -0.25) is 28.8 Å². The van der Waals surface area contributed by atoms with E-state index in [-0.39, 0.29) is 35.3 Å². The molecule has 2 N–H and O–H groups in total. The zero-order valence-electron chi connectivity index (χ0n) is 25.5. The number of sulfone groups is 1. The summed E-state index contributed by atoms with van der Waals surface area (Å²) >= 11 is 0. The van der Waals surface area contributed by atoms with E-state index in [0.29, 0.717) is 12.8 Å². The molecule has 0 bridgehead atoms. The summed E-state index contributed by atoms with van der Waals surface area (Å²) in [7, 11) is -4.42. The molecule has 0 saturated carbocycles. The highest BCUT2D eigenvalue weighted by atomic mass is 32.2. The Bertz CT molecular complexity index is 2030. The average molecular weight is 685 g/mol. The van der Waals surface area contributed by atoms with E-state index >= 15 is 0 Å². The van der Waals surface area contributed by atoms with E-state index in [1.807, 2.05) is 0 Å². The van der Waals surface area contributed by atoms with Crippen LogP contribution in [0.4, 0.5) is 8.78 Å². The number of carbonyl (C=O) groups excluding carboxylic acids is 6. The van der Waals surface area contributed by atoms with Crippen LogP contribution in [0.3, 0.4) is 0 Å². The van der Waals surface area contributed by atoms with Crippen LogP contribution in [0, 0.1) is 23.5 Å². The van der Waals surface area contributed by atoms with Crippen LogP contribution in [0.1, 0.15) is 52.6 Å². The molecule has 2 amide bonds. The Hall–Kier alpha value is -5.69. The third kappa shape index (κ3) is 6.32. The molecular weight excluding hydrogens is 658 g/mol. The lowest BCUT2D eigenvalue weighted by molar-refractivity contribution is -0.123. The first kappa shape index (κ1) is 33.2. The first-order valence-electron chi connectivity index (χ1n) is 15.1. The quantitative estimate of drug-likeness (QED) is 0.240. The van der Waals surface area contributed by atoms with E-state index in [9.17, 15) is 46.0 Å². The number of ketones is 4. The topological polar surface area (TPSA) is 161 Å². The predicted molar refractivity (Wildman–Crippen MR) is 169 cm³/mol. The first-order chi connectivity index (χ1) is 23.4. The molecule has 0 aliphatic heterocycles. The number of nitrogens with one attached hydrogen (secondary N) is 2. The van der Waals surface area contributed by atoms with Gasteiger partial charge in [0.2, 0.25) is 21.7 Å². The predicted octanol–water partition coefficient (Wildman–Crippen LogP) is 3.51. The molecule has 6 rings (SSSR count). The molecule has 2 aliphatic carbocycles. The van der Waals surface area contributed by atoms with Gasteiger partial charge in [-0.1, -0.05) is 24.3 Å². The molecule has 248 valence electrons. The number of hydrogen-bond donors (Lipinski definition) is 2. The van der Waals surface area contributed by atoms with E-state index in [2.05, 4.69) is 10.6 Å². The molecule has 2 aliphatic rings. The summed E-state index contributed by atoms with van der Waals surface area (Å²) in [4.78, 5) is 77.2. The maximum atomic E-state index is 13.6. The molecule has 49 heavy (non-hydrogen) atoms. The van der Waals surface area contributed by atoms with Crippen LogP contribution in [-0.2, 0) is 32.3 Å². The maximum Gasteiger partial charge on any atom is 0.238 e. The lowest BCUT2D eigenvalue weighted by Crippen LogP contribution is -2.37. The molecule has 0 spiro atoms. The van der Waals surface area contributed by atoms with Crippen molar-refractivity contribution in [2.24, 2.45) is 11.8 Å². The van der Waals surface area contributed by atoms with Gasteiger partial charge >= 0.3 is 0 Å². The zero-order valence-corrected chi connectivity index (χ0v) is 26.3. The van der Waals surface area contributed by atoms with Crippen molar-refractivity contribution in [2.75, 3.05) is 13.1 Å². The van der Waals surface area contributed by atoms with Gasteiger partial charge in [0.15, 0.2) is 35.0 Å². The van der Waals surface area contributed by atoms with Gasteiger partial charge in [-0.15, -0.1) is 0 Å². The summed E-state index contributed by atoms with van der Waals surface area (Å²) in [6.45, 7) is 0.130. The Morgan fingerprint density at radius 2 is 0.878 bits per heavy atom. The Morgan fingerprint density at radius 1 is 0.531 bits per heavy atom. The van der Waals surface area contributed by atoms with Crippen molar-refractivity contribution in [1.82, 2.24) is 10.6 Å². The second kappa shape index (κ2) is 13.1. The van der Waals surface area contributed by atoms with Gasteiger partial charge in [-0.2, -0.15) is 0 Å². The van der Waals surface area contributed by atoms with E-state index in [4.69, 9.17) is 0 Å². The van der Waals surface area contributed by atoms with Gasteiger partial charge in [0, 0.05) is 35.3 Å². The van der Waals surface area contributed by atoms with Crippen LogP contribution >= 0.6 is 0 Å². The zero-order chi connectivity index (χ0) is 35.0. The van der Waals surface area contributed by atoms with E-state index < -0.39 is 78.0 Å². The molecule has 0 radical (unpaired) electrons. The Morgan fingerprint density at radius 3 is 1.24 bits per heavy atom. The van der Waals surface area contributed by atoms with Crippen molar-refractivity contribution in [2.45, 2.75) is 22.6 Å². The maximum absolute atomic E-state index is 13.6. The molecule has 4 aromatic carbocycles. The summed E-state index contributed by atoms with van der Waals surface area (Å²) < 4.78 is 53.5. The fraction of sp³-hybridized carbons (Fsp3) is 0.167. The van der Waals surface area contributed by atoms with Crippen molar-refractivity contribution in [3.05, 3.63) is 130 Å². The van der Waals surface area contributed by atoms with Gasteiger partial charge in [0.1, 0.15) is 11.6 Å². The minimum Gasteiger partial charge on any atom is -0.355 e. The molecule has 2 atom stereocenters. The van der Waals surface area contributed by atoms with Crippen molar-refractivity contribution < 1.29 is 46.0 Å². The van der Waals surface area contributed by atoms with E-state index in [1.54, 1.807) is 0 Å². The average Bonchev–Trinajstić information content (AvgIpc) is 3.49. The number of halogens is 2. The molecule has 0 fully saturated rings. The fourth-order valence-electron chi connectivity index (χ4n) is 5.86. The highest BCUT2D eigenvalue weighted by Crippen LogP contribution is 2.34. The number of amides is 2. The summed E-state index contributed by atoms with van der Waals surface area (Å²) in [6, 6.07) is 17.7. The minimum atomic E-state index is -4.42. The third-order valence-corrected chi connectivity index (χ3v) is 10.2. The standard InChI is InChI=1S/C36H26F2N2O8S/c37-21-5-1-19(2-6-21)13-15-39-35(45)29-31(41)25-11-9-23(17-27(25)33(29)43)49(47,48)24-10-12-26-28(18-24)34(44)30(32(26)42)36(46)40-16-14-20-3-7-22(38)8-4-20/h1-12,17-18,29-30H,13-16H2,(H,39,45)(H,40,46). The fourth-order valence-corrected chi connectivity index (χ4v) is 7.17. The van der Waals surface area contributed by atoms with E-state index in [0.717, 1.165) is 47.5 Å². The van der Waals surface area contributed by atoms with Crippen molar-refractivity contribution in [1.29, 1.82) is 0 Å². The molecule has 2 unspecified atom stereocenters. The summed E-state index contributed by atoms with van der Waals surface area (Å²) in [5.41, 5.74) is 0.693. The molecule has 13 heteroatoms. The van der Waals surface area contributed by atoms with Crippen molar-refractivity contribution >= 4 is 44.8 Å². The number of benzene rings is 4. The first-order valence-corrected chi connectivity index (χ1v) is 16.6. The lowest BCUT2D eigenvalue weighted by Gasteiger charge is -2.09. The number of carbonyl (C=O) groups is 6. The Balaban J connectivity index is 1.15. The Kier molecular flexibility index (Phi) is 8.86. The Labute approximate surface area is 278 Å². The van der Waals surface area contributed by atoms with Crippen LogP contribution in [0.25, 0.3) is 0 Å². The number of hydrogen-bond acceptors (Lipinski definition) is 8. The molecule has 4 aromatic rings. The second-order valence-corrected chi connectivity index (χ2v) is 13.5. The van der Waals surface area contributed by atoms with Gasteiger partial charge in [0.25, 0.3) is 0 Å². The SMILES string of the molecule is O=C(NCCc1ccc(F)cc1)C1C(=O)c2ccc(S(=O)(=O)c3ccc4c(c3)C(=O)C(C(=O)NCCc3ccc(F)cc3)C4=O)cc2C1=O. The second-order valence-electron chi connectivity index (χ2n) is 11.6. The minimum absolute atomic E-state index is 0.0650. The van der Waals surface area contributed by atoms with Crippen LogP contribution in [-0.4, -0.2) is 56.5 Å². The molecule has 0 saturated heterocycles. The van der Waals surface area contributed by atoms with E-state index in [1.165, 1.54) is 48.5 Å². The van der Waals surface area contributed by atoms with Crippen molar-refractivity contribution in [3.63, 3.8) is 0 Å². The van der Waals surface area contributed by atoms with Gasteiger partial charge < -0.3 is 10.6 Å². The van der Waals surface area contributed by atoms with Crippen LogP contribution < -0.4 is 10.6 Å². The molecule has 0 heterocycles. The number of rotatable bonds is 10. The largest absolute Gasteiger partial charge is 0.355 e.